The maximum absolute atomic E-state index is 12.7. The van der Waals surface area contributed by atoms with E-state index in [0.717, 1.165) is 54.3 Å². The standard InChI is InChI=1S/C28H26ClNO2/c29-25-10-6-21(7-11-25)8-13-27(31)30-18-16-28(17-19-30)15-14-24-20-23(9-12-26(24)32-28)22-4-2-1-3-5-22/h1-7,9-12,14-15,20H,8,13,16-19H2. The van der Waals surface area contributed by atoms with E-state index in [1.807, 2.05) is 35.2 Å². The molecule has 0 aromatic heterocycles. The van der Waals surface area contributed by atoms with Gasteiger partial charge in [-0.2, -0.15) is 0 Å². The summed E-state index contributed by atoms with van der Waals surface area (Å²) in [6, 6.07) is 24.5. The zero-order valence-corrected chi connectivity index (χ0v) is 18.7. The second-order valence-corrected chi connectivity index (χ2v) is 9.06. The van der Waals surface area contributed by atoms with Crippen molar-refractivity contribution >= 4 is 23.6 Å². The fraction of sp³-hybridized carbons (Fsp3) is 0.250. The van der Waals surface area contributed by atoms with Gasteiger partial charge < -0.3 is 9.64 Å². The molecule has 1 spiro atoms. The van der Waals surface area contributed by atoms with Crippen molar-refractivity contribution < 1.29 is 9.53 Å². The molecule has 2 aliphatic heterocycles. The van der Waals surface area contributed by atoms with Crippen LogP contribution in [0.3, 0.4) is 0 Å². The number of carbonyl (C=O) groups is 1. The number of ether oxygens (including phenoxy) is 1. The number of benzene rings is 3. The van der Waals surface area contributed by atoms with Crippen molar-refractivity contribution in [1.82, 2.24) is 4.90 Å². The van der Waals surface area contributed by atoms with Gasteiger partial charge in [0.25, 0.3) is 0 Å². The lowest BCUT2D eigenvalue weighted by molar-refractivity contribution is -0.133. The van der Waals surface area contributed by atoms with Crippen LogP contribution in [-0.2, 0) is 11.2 Å². The van der Waals surface area contributed by atoms with Crippen LogP contribution in [0.4, 0.5) is 0 Å². The molecule has 4 heteroatoms. The topological polar surface area (TPSA) is 29.5 Å². The van der Waals surface area contributed by atoms with Crippen LogP contribution in [0.5, 0.6) is 5.75 Å². The SMILES string of the molecule is O=C(CCc1ccc(Cl)cc1)N1CCC2(C=Cc3cc(-c4ccccc4)ccc3O2)CC1. The molecule has 1 amide bonds. The molecular weight excluding hydrogens is 418 g/mol. The number of aryl methyl sites for hydroxylation is 1. The Labute approximate surface area is 194 Å². The smallest absolute Gasteiger partial charge is 0.222 e. The summed E-state index contributed by atoms with van der Waals surface area (Å²) in [5.41, 5.74) is 4.33. The van der Waals surface area contributed by atoms with Crippen molar-refractivity contribution in [3.05, 3.63) is 95.0 Å². The van der Waals surface area contributed by atoms with Gasteiger partial charge in [0, 0.05) is 42.9 Å². The Hall–Kier alpha value is -3.04. The highest BCUT2D eigenvalue weighted by atomic mass is 35.5. The maximum Gasteiger partial charge on any atom is 0.222 e. The Morgan fingerprint density at radius 2 is 1.69 bits per heavy atom. The van der Waals surface area contributed by atoms with Crippen LogP contribution in [0, 0.1) is 0 Å². The van der Waals surface area contributed by atoms with E-state index in [1.54, 1.807) is 0 Å². The molecule has 162 valence electrons. The second kappa shape index (κ2) is 8.84. The highest BCUT2D eigenvalue weighted by molar-refractivity contribution is 6.30. The molecule has 2 heterocycles. The first-order chi connectivity index (χ1) is 15.6. The predicted molar refractivity (Wildman–Crippen MR) is 130 cm³/mol. The van der Waals surface area contributed by atoms with Crippen LogP contribution >= 0.6 is 11.6 Å². The molecule has 0 radical (unpaired) electrons. The first kappa shape index (κ1) is 20.8. The minimum Gasteiger partial charge on any atom is -0.482 e. The normalized spacial score (nSPS) is 16.5. The minimum atomic E-state index is -0.311. The molecule has 0 N–H and O–H groups in total. The summed E-state index contributed by atoms with van der Waals surface area (Å²) >= 11 is 5.94. The van der Waals surface area contributed by atoms with Gasteiger partial charge in [-0.15, -0.1) is 0 Å². The van der Waals surface area contributed by atoms with Crippen LogP contribution in [0.25, 0.3) is 17.2 Å². The summed E-state index contributed by atoms with van der Waals surface area (Å²) in [6.07, 6.45) is 7.27. The van der Waals surface area contributed by atoms with E-state index >= 15 is 0 Å². The van der Waals surface area contributed by atoms with Gasteiger partial charge in [0.2, 0.25) is 5.91 Å². The first-order valence-corrected chi connectivity index (χ1v) is 11.6. The summed E-state index contributed by atoms with van der Waals surface area (Å²) in [5, 5.41) is 0.722. The van der Waals surface area contributed by atoms with Gasteiger partial charge in [-0.25, -0.2) is 0 Å². The third-order valence-electron chi connectivity index (χ3n) is 6.50. The zero-order valence-electron chi connectivity index (χ0n) is 18.0. The van der Waals surface area contributed by atoms with Gasteiger partial charge >= 0.3 is 0 Å². The average Bonchev–Trinajstić information content (AvgIpc) is 2.84. The minimum absolute atomic E-state index is 0.211. The molecule has 1 saturated heterocycles. The molecule has 0 atom stereocenters. The van der Waals surface area contributed by atoms with Crippen LogP contribution in [-0.4, -0.2) is 29.5 Å². The van der Waals surface area contributed by atoms with Gasteiger partial charge in [-0.3, -0.25) is 4.79 Å². The lowest BCUT2D eigenvalue weighted by atomic mass is 9.87. The van der Waals surface area contributed by atoms with Gasteiger partial charge in [0.05, 0.1) is 0 Å². The highest BCUT2D eigenvalue weighted by Crippen LogP contribution is 2.38. The van der Waals surface area contributed by atoms with Crippen molar-refractivity contribution in [2.24, 2.45) is 0 Å². The van der Waals surface area contributed by atoms with Gasteiger partial charge in [-0.1, -0.05) is 66.2 Å². The van der Waals surface area contributed by atoms with Crippen molar-refractivity contribution in [3.63, 3.8) is 0 Å². The third-order valence-corrected chi connectivity index (χ3v) is 6.75. The van der Waals surface area contributed by atoms with Crippen molar-refractivity contribution in [2.45, 2.75) is 31.3 Å². The van der Waals surface area contributed by atoms with Crippen LogP contribution < -0.4 is 4.74 Å². The molecule has 0 saturated carbocycles. The van der Waals surface area contributed by atoms with Crippen LogP contribution in [0.1, 0.15) is 30.4 Å². The summed E-state index contributed by atoms with van der Waals surface area (Å²) in [7, 11) is 0. The number of halogens is 1. The molecule has 3 aromatic rings. The molecule has 3 nitrogen and oxygen atoms in total. The molecular formula is C28H26ClNO2. The Morgan fingerprint density at radius 3 is 2.44 bits per heavy atom. The molecule has 0 bridgehead atoms. The Balaban J connectivity index is 1.20. The van der Waals surface area contributed by atoms with E-state index in [2.05, 4.69) is 54.6 Å². The maximum atomic E-state index is 12.7. The van der Waals surface area contributed by atoms with Crippen molar-refractivity contribution in [1.29, 1.82) is 0 Å². The van der Waals surface area contributed by atoms with E-state index in [9.17, 15) is 4.79 Å². The van der Waals surface area contributed by atoms with Gasteiger partial charge in [0.15, 0.2) is 0 Å². The predicted octanol–water partition coefficient (Wildman–Crippen LogP) is 6.41. The molecule has 2 aliphatic rings. The number of fused-ring (bicyclic) bond motifs is 1. The molecule has 1 fully saturated rings. The van der Waals surface area contributed by atoms with Gasteiger partial charge in [-0.05, 0) is 53.5 Å². The molecule has 5 rings (SSSR count). The largest absolute Gasteiger partial charge is 0.482 e. The molecule has 3 aromatic carbocycles. The average molecular weight is 444 g/mol. The first-order valence-electron chi connectivity index (χ1n) is 11.2. The monoisotopic (exact) mass is 443 g/mol. The fourth-order valence-corrected chi connectivity index (χ4v) is 4.67. The van der Waals surface area contributed by atoms with E-state index in [-0.39, 0.29) is 11.5 Å². The van der Waals surface area contributed by atoms with Crippen molar-refractivity contribution in [3.8, 4) is 16.9 Å². The Morgan fingerprint density at radius 1 is 0.938 bits per heavy atom. The number of nitrogens with zero attached hydrogens (tertiary/aromatic N) is 1. The second-order valence-electron chi connectivity index (χ2n) is 8.63. The quantitative estimate of drug-likeness (QED) is 0.466. The fourth-order valence-electron chi connectivity index (χ4n) is 4.54. The molecule has 32 heavy (non-hydrogen) atoms. The van der Waals surface area contributed by atoms with E-state index in [1.165, 1.54) is 11.1 Å². The van der Waals surface area contributed by atoms with Crippen LogP contribution in [0.15, 0.2) is 78.9 Å². The zero-order chi connectivity index (χ0) is 22.0. The van der Waals surface area contributed by atoms with Crippen molar-refractivity contribution in [2.75, 3.05) is 13.1 Å². The number of piperidine rings is 1. The summed E-state index contributed by atoms with van der Waals surface area (Å²) in [4.78, 5) is 14.7. The number of hydrogen-bond acceptors (Lipinski definition) is 2. The number of rotatable bonds is 4. The number of hydrogen-bond donors (Lipinski definition) is 0. The lowest BCUT2D eigenvalue weighted by Gasteiger charge is -2.42. The van der Waals surface area contributed by atoms with E-state index in [4.69, 9.17) is 16.3 Å². The van der Waals surface area contributed by atoms with E-state index in [0.29, 0.717) is 6.42 Å². The van der Waals surface area contributed by atoms with Crippen LogP contribution in [0.2, 0.25) is 5.02 Å². The molecule has 0 aliphatic carbocycles. The number of carbonyl (C=O) groups excluding carboxylic acids is 1. The number of likely N-dealkylation sites (tertiary alicyclic amines) is 1. The van der Waals surface area contributed by atoms with E-state index < -0.39 is 0 Å². The summed E-state index contributed by atoms with van der Waals surface area (Å²) < 4.78 is 6.48. The summed E-state index contributed by atoms with van der Waals surface area (Å²) in [6.45, 7) is 1.45. The Bertz CT molecular complexity index is 1130. The van der Waals surface area contributed by atoms with Gasteiger partial charge in [0.1, 0.15) is 11.4 Å². The Kier molecular flexibility index (Phi) is 5.75. The third kappa shape index (κ3) is 4.44. The lowest BCUT2D eigenvalue weighted by Crippen LogP contribution is -2.49. The number of amides is 1. The molecule has 0 unspecified atom stereocenters. The highest BCUT2D eigenvalue weighted by Gasteiger charge is 2.37. The summed E-state index contributed by atoms with van der Waals surface area (Å²) in [5.74, 6) is 1.14.